The van der Waals surface area contributed by atoms with E-state index in [-0.39, 0.29) is 119 Å². The van der Waals surface area contributed by atoms with E-state index in [9.17, 15) is 58.2 Å². The fourth-order valence-electron chi connectivity index (χ4n) is 16.3. The molecular weight excluding hydrogens is 1800 g/mol. The number of nitrogens with two attached hydrogens (primary N) is 4. The number of unbranched alkanes of at least 4 members (excludes halogenated alkanes) is 1. The number of halogens is 1. The average Bonchev–Trinajstić information content (AvgIpc) is 1.79. The van der Waals surface area contributed by atoms with Crippen molar-refractivity contribution in [1.29, 1.82) is 0 Å². The molecule has 42 nitrogen and oxygen atoms in total. The summed E-state index contributed by atoms with van der Waals surface area (Å²) in [5.74, 6) is -17.0. The van der Waals surface area contributed by atoms with E-state index in [2.05, 4.69) is 89.0 Å². The highest BCUT2D eigenvalue weighted by Gasteiger charge is 2.46. The van der Waals surface area contributed by atoms with E-state index in [1.54, 1.807) is 81.7 Å². The first-order valence-electron chi connectivity index (χ1n) is 44.1. The number of H-pyrrole nitrogens is 3. The highest BCUT2D eigenvalue weighted by Crippen LogP contribution is 2.29. The van der Waals surface area contributed by atoms with Gasteiger partial charge in [0.25, 0.3) is 0 Å². The number of phenolic OH excluding ortho intramolecular Hbond substituents is 1. The van der Waals surface area contributed by atoms with Crippen LogP contribution in [-0.4, -0.2) is 311 Å². The van der Waals surface area contributed by atoms with Crippen LogP contribution in [0.4, 0.5) is 0 Å². The number of aliphatic hydroxyl groups is 1. The lowest BCUT2D eigenvalue weighted by Gasteiger charge is -2.35. The molecule has 6 aromatic rings. The first-order valence-corrected chi connectivity index (χ1v) is 46.1. The van der Waals surface area contributed by atoms with Gasteiger partial charge in [-0.3, -0.25) is 81.5 Å². The number of primary amides is 2. The van der Waals surface area contributed by atoms with E-state index >= 15 is 33.6 Å². The minimum absolute atomic E-state index is 0.0102. The molecule has 3 aliphatic rings. The number of phenols is 1. The molecule has 132 heavy (non-hydrogen) atoms. The summed E-state index contributed by atoms with van der Waals surface area (Å²) in [5.41, 5.74) is 26.5. The number of aromatic amines is 3. The first-order chi connectivity index (χ1) is 62.9. The van der Waals surface area contributed by atoms with E-state index in [1.165, 1.54) is 61.5 Å². The van der Waals surface area contributed by atoms with Crippen LogP contribution < -0.4 is 76.1 Å². The van der Waals surface area contributed by atoms with Gasteiger partial charge in [0, 0.05) is 118 Å². The van der Waals surface area contributed by atoms with E-state index in [4.69, 9.17) is 22.9 Å². The predicted molar refractivity (Wildman–Crippen MR) is 489 cm³/mol. The number of thioether (sulfide) groups is 1. The lowest BCUT2D eigenvalue weighted by molar-refractivity contribution is -0.148. The third-order valence-electron chi connectivity index (χ3n) is 23.3. The van der Waals surface area contributed by atoms with Crippen molar-refractivity contribution in [2.45, 2.75) is 216 Å². The van der Waals surface area contributed by atoms with E-state index in [0.717, 1.165) is 26.5 Å². The summed E-state index contributed by atoms with van der Waals surface area (Å²) in [6.07, 6.45) is 3.25. The number of fused-ring (bicyclic) bond motifs is 4. The van der Waals surface area contributed by atoms with E-state index in [0.29, 0.717) is 57.0 Å². The summed E-state index contributed by atoms with van der Waals surface area (Å²) in [6.45, 7) is 5.93. The molecule has 0 bridgehead atoms. The summed E-state index contributed by atoms with van der Waals surface area (Å²) in [7, 11) is 2.59. The predicted octanol–water partition coefficient (Wildman–Crippen LogP) is -2.50. The summed E-state index contributed by atoms with van der Waals surface area (Å²) >= 11 is 4.04. The minimum Gasteiger partial charge on any atom is -0.507 e. The van der Waals surface area contributed by atoms with Crippen LogP contribution in [0, 0.1) is 5.92 Å². The molecule has 0 radical (unpaired) electrons. The molecule has 44 heteroatoms. The molecule has 0 aliphatic carbocycles. The van der Waals surface area contributed by atoms with Gasteiger partial charge in [-0.1, -0.05) is 83.0 Å². The van der Waals surface area contributed by atoms with Crippen LogP contribution in [-0.2, 0) is 107 Å². The Morgan fingerprint density at radius 2 is 1.14 bits per heavy atom. The second-order valence-electron chi connectivity index (χ2n) is 33.8. The van der Waals surface area contributed by atoms with Crippen LogP contribution in [0.3, 0.4) is 0 Å². The Balaban J connectivity index is 1.09. The van der Waals surface area contributed by atoms with Gasteiger partial charge in [0.1, 0.15) is 84.3 Å². The van der Waals surface area contributed by atoms with Crippen molar-refractivity contribution in [1.82, 2.24) is 97.6 Å². The normalized spacial score (nSPS) is 24.6. The second-order valence-corrected chi connectivity index (χ2v) is 35.7. The zero-order valence-corrected chi connectivity index (χ0v) is 77.3. The molecule has 17 amide bonds. The largest absolute Gasteiger partial charge is 0.507 e. The van der Waals surface area contributed by atoms with Crippen molar-refractivity contribution in [3.05, 3.63) is 119 Å². The topological polar surface area (TPSA) is 631 Å². The number of nitrogens with zero attached hydrogens (tertiary/aromatic N) is 6. The van der Waals surface area contributed by atoms with Crippen molar-refractivity contribution >= 4 is 150 Å². The zero-order valence-electron chi connectivity index (χ0n) is 74.9. The Hall–Kier alpha value is -12.6. The molecule has 3 fully saturated rings. The Kier molecular flexibility index (Phi) is 38.4. The van der Waals surface area contributed by atoms with Crippen LogP contribution in [0.15, 0.2) is 96.1 Å². The molecular formula is C88H122BrN23O19S. The molecule has 716 valence electrons. The fourth-order valence-corrected chi connectivity index (χ4v) is 17.6. The van der Waals surface area contributed by atoms with Crippen molar-refractivity contribution < 1.29 is 91.7 Å². The number of hydrogen-bond acceptors (Lipinski definition) is 23. The van der Waals surface area contributed by atoms with Gasteiger partial charge in [0.05, 0.1) is 42.2 Å². The maximum Gasteiger partial charge on any atom is 0.246 e. The second kappa shape index (κ2) is 49.1. The van der Waals surface area contributed by atoms with Crippen molar-refractivity contribution in [3.8, 4) is 5.75 Å². The average molecular weight is 1920 g/mol. The third kappa shape index (κ3) is 28.2. The number of aromatic nitrogens is 4. The van der Waals surface area contributed by atoms with Gasteiger partial charge in [0.2, 0.25) is 100 Å². The lowest BCUT2D eigenvalue weighted by atomic mass is 10.00. The maximum absolute atomic E-state index is 15.7. The summed E-state index contributed by atoms with van der Waals surface area (Å²) < 4.78 is 0.204. The van der Waals surface area contributed by atoms with Gasteiger partial charge < -0.3 is 126 Å². The molecule has 3 aliphatic heterocycles. The summed E-state index contributed by atoms with van der Waals surface area (Å²) in [5, 5.41) is 49.9. The van der Waals surface area contributed by atoms with Gasteiger partial charge in [-0.05, 0) is 128 Å². The smallest absolute Gasteiger partial charge is 0.246 e. The molecule has 3 aromatic carbocycles. The number of nitrogens with one attached hydrogen (secondary N) is 13. The fraction of sp³-hybridized carbons (Fsp3) is 0.523. The lowest BCUT2D eigenvalue weighted by Crippen LogP contribution is -2.61. The molecule has 6 heterocycles. The summed E-state index contributed by atoms with van der Waals surface area (Å²) in [4.78, 5) is 268. The molecule has 0 spiro atoms. The molecule has 3 saturated heterocycles. The van der Waals surface area contributed by atoms with Crippen LogP contribution in [0.1, 0.15) is 128 Å². The standard InChI is InChI=1S/C88H122BrN23O19S/c1-8-10-20-69-88(131)110(28-9-2)43-74(117)99-59(24-26-90)78(121)107-67(77(120)97-41-73(93)116)44-132-45-75(118)100-64(32-49-22-23-71(114)56(89)31-49)84(127)108(6)48(5)76(119)104-66(37-72(92)115)86(129)111-29-15-21-68(111)82(125)103-62(35-52-40-94-46-98-52)81(124)105-63(30-47(3)4)87(130)112-42-53(113)36-70(112)83(126)102-61(33-50-38-95-57-18-13-11-16-54(50)57)80(123)101-60(25-27-91)79(122)106-65(85(128)109(69)7)34-51-39-96-58-19-14-12-17-55(51)58/h11-14,16-19,22-23,31,38-40,46-48,53,59-70,95-96,113-114H,8-10,15,20-21,24-30,32-37,41-45,90-91H2,1-7H3,(H2,92,115)(H2,93,116)(H,94,98)(H,97,120)(H,99,117)(H,100,118)(H,101,123)(H,102,126)(H,103,125)(H,104,119)(H,105,124)(H,106,122)(H,107,121)/t48-,53+,59-,60-,61-,62-,63-,64-,65-,66-,67-,68-,69-,70-/m0/s1. The van der Waals surface area contributed by atoms with Gasteiger partial charge >= 0.3 is 0 Å². The number of carbonyl (C=O) groups excluding carboxylic acids is 17. The van der Waals surface area contributed by atoms with Crippen molar-refractivity contribution in [2.24, 2.45) is 28.9 Å². The van der Waals surface area contributed by atoms with Crippen LogP contribution in [0.5, 0.6) is 5.75 Å². The number of aliphatic hydroxyl groups excluding tert-OH is 1. The van der Waals surface area contributed by atoms with E-state index < -0.39 is 223 Å². The van der Waals surface area contributed by atoms with Gasteiger partial charge in [-0.25, -0.2) is 4.98 Å². The summed E-state index contributed by atoms with van der Waals surface area (Å²) in [6, 6.07) is -1.24. The molecule has 14 atom stereocenters. The Morgan fingerprint density at radius 3 is 1.74 bits per heavy atom. The number of hydrogen-bond donors (Lipinski definition) is 19. The Bertz CT molecular complexity index is 5130. The molecule has 0 saturated carbocycles. The van der Waals surface area contributed by atoms with Gasteiger partial charge in [-0.15, -0.1) is 11.8 Å². The number of aromatic hydroxyl groups is 1. The van der Waals surface area contributed by atoms with Crippen LogP contribution >= 0.6 is 27.7 Å². The maximum atomic E-state index is 15.7. The SMILES string of the molecule is CCCC[C@H]1C(=O)N(CCC)CC(=O)N[C@@H](CCN)C(=O)N[C@H](C(=O)NCC(N)=O)CSCC(=O)N[C@@H](Cc2ccc(O)c(Br)c2)C(=O)N(C)[C@@H](C)C(=O)N[C@@H](CC(N)=O)C(=O)N2CCC[C@H]2C(=O)N[C@@H](Cc2cnc[nH]2)C(=O)N[C@@H](CC(C)C)C(=O)N2C[C@H](O)C[C@H]2C(=O)N[C@@H](Cc2c[nH]c3ccccc23)C(=O)N[C@@H](CCN)C(=O)N[C@@H](Cc2c[nH]c3ccccc23)C(=O)N1C. The highest BCUT2D eigenvalue weighted by molar-refractivity contribution is 9.10. The number of amides is 17. The van der Waals surface area contributed by atoms with Crippen molar-refractivity contribution in [2.75, 3.05) is 71.4 Å². The number of likely N-dealkylation sites (N-methyl/N-ethyl adjacent to an activating group) is 2. The van der Waals surface area contributed by atoms with Gasteiger partial charge in [0.15, 0.2) is 0 Å². The molecule has 23 N–H and O–H groups in total. The zero-order chi connectivity index (χ0) is 96.3. The van der Waals surface area contributed by atoms with Crippen LogP contribution in [0.25, 0.3) is 21.8 Å². The Morgan fingerprint density at radius 1 is 0.591 bits per heavy atom. The highest BCUT2D eigenvalue weighted by atomic mass is 79.9. The van der Waals surface area contributed by atoms with Crippen LogP contribution in [0.2, 0.25) is 0 Å². The molecule has 3 aromatic heterocycles. The van der Waals surface area contributed by atoms with E-state index in [1.807, 2.05) is 6.92 Å². The number of carbonyl (C=O) groups is 17. The molecule has 0 unspecified atom stereocenters. The third-order valence-corrected chi connectivity index (χ3v) is 25.0. The number of rotatable bonds is 24. The first kappa shape index (κ1) is 103. The number of para-hydroxylation sites is 2. The number of benzene rings is 3. The molecule has 9 rings (SSSR count). The minimum atomic E-state index is -1.78. The quantitative estimate of drug-likeness (QED) is 0.0298. The van der Waals surface area contributed by atoms with Crippen molar-refractivity contribution in [3.63, 3.8) is 0 Å². The number of imidazole rings is 1. The monoisotopic (exact) mass is 1920 g/mol. The Labute approximate surface area is 775 Å². The van der Waals surface area contributed by atoms with Gasteiger partial charge in [-0.2, -0.15) is 0 Å².